The van der Waals surface area contributed by atoms with E-state index >= 15 is 0 Å². The zero-order valence-corrected chi connectivity index (χ0v) is 21.0. The van der Waals surface area contributed by atoms with Crippen molar-refractivity contribution < 1.29 is 14.3 Å². The van der Waals surface area contributed by atoms with Crippen LogP contribution in [0.25, 0.3) is 6.08 Å². The monoisotopic (exact) mass is 536 g/mol. The molecule has 0 amide bonds. The highest BCUT2D eigenvalue weighted by Gasteiger charge is 2.33. The Morgan fingerprint density at radius 3 is 2.71 bits per heavy atom. The Balaban J connectivity index is 1.89. The number of methoxy groups -OCH3 is 1. The Morgan fingerprint density at radius 1 is 1.29 bits per heavy atom. The molecule has 0 saturated heterocycles. The van der Waals surface area contributed by atoms with Gasteiger partial charge in [0.15, 0.2) is 4.80 Å². The van der Waals surface area contributed by atoms with Gasteiger partial charge in [0.25, 0.3) is 5.56 Å². The van der Waals surface area contributed by atoms with Crippen molar-refractivity contribution >= 4 is 39.3 Å². The minimum absolute atomic E-state index is 0.165. The van der Waals surface area contributed by atoms with E-state index in [0.717, 1.165) is 15.6 Å². The number of carbonyl (C=O) groups is 1. The topological polar surface area (TPSA) is 69.9 Å². The lowest BCUT2D eigenvalue weighted by Crippen LogP contribution is -2.40. The molecule has 4 rings (SSSR count). The van der Waals surface area contributed by atoms with Crippen molar-refractivity contribution in [2.75, 3.05) is 13.7 Å². The smallest absolute Gasteiger partial charge is 0.338 e. The number of thiazole rings is 1. The van der Waals surface area contributed by atoms with Gasteiger partial charge in [-0.25, -0.2) is 9.79 Å². The molecule has 2 heterocycles. The highest BCUT2D eigenvalue weighted by atomic mass is 79.9. The van der Waals surface area contributed by atoms with Crippen LogP contribution in [0, 0.1) is 12.3 Å². The Morgan fingerprint density at radius 2 is 2.06 bits per heavy atom. The molecule has 1 aliphatic heterocycles. The van der Waals surface area contributed by atoms with Crippen molar-refractivity contribution in [2.45, 2.75) is 19.4 Å². The summed E-state index contributed by atoms with van der Waals surface area (Å²) in [6.07, 6.45) is 7.59. The van der Waals surface area contributed by atoms with Crippen molar-refractivity contribution in [1.82, 2.24) is 4.57 Å². The van der Waals surface area contributed by atoms with E-state index < -0.39 is 12.0 Å². The average molecular weight is 537 g/mol. The van der Waals surface area contributed by atoms with Gasteiger partial charge in [0.2, 0.25) is 0 Å². The van der Waals surface area contributed by atoms with E-state index in [1.807, 2.05) is 49.4 Å². The number of halogens is 1. The Bertz CT molecular complexity index is 1500. The van der Waals surface area contributed by atoms with Gasteiger partial charge in [0, 0.05) is 0 Å². The second-order valence-electron chi connectivity index (χ2n) is 7.38. The second kappa shape index (κ2) is 10.2. The Labute approximate surface area is 209 Å². The molecule has 8 heteroatoms. The molecule has 34 heavy (non-hydrogen) atoms. The Hall–Kier alpha value is -3.41. The molecule has 1 aromatic heterocycles. The molecule has 1 aliphatic rings. The molecule has 0 fully saturated rings. The van der Waals surface area contributed by atoms with Crippen molar-refractivity contribution in [3.63, 3.8) is 0 Å². The molecular weight excluding hydrogens is 516 g/mol. The minimum Gasteiger partial charge on any atom is -0.480 e. The summed E-state index contributed by atoms with van der Waals surface area (Å²) in [5, 5.41) is 0. The van der Waals surface area contributed by atoms with Gasteiger partial charge in [-0.05, 0) is 51.7 Å². The van der Waals surface area contributed by atoms with E-state index in [4.69, 9.17) is 15.9 Å². The molecule has 0 spiro atoms. The standard InChI is InChI=1S/C26H21BrN2O4S/c1-4-13-33-20-12-11-16(14-18(20)27)15-21-24(30)29-23(17-9-7-6-8-10-17)22(25(31)32-3)19(5-2)28-26(29)34-21/h1,6-12,14-15,23H,5,13H2,2-3H3/b21-15-/t23-/m1/s1. The summed E-state index contributed by atoms with van der Waals surface area (Å²) in [5.74, 6) is 2.56. The maximum Gasteiger partial charge on any atom is 0.338 e. The maximum absolute atomic E-state index is 13.6. The van der Waals surface area contributed by atoms with Crippen LogP contribution in [0.5, 0.6) is 5.75 Å². The minimum atomic E-state index is -0.617. The zero-order chi connectivity index (χ0) is 24.2. The predicted molar refractivity (Wildman–Crippen MR) is 135 cm³/mol. The number of aromatic nitrogens is 1. The number of ether oxygens (including phenoxy) is 2. The molecule has 6 nitrogen and oxygen atoms in total. The van der Waals surface area contributed by atoms with Crippen molar-refractivity contribution in [2.24, 2.45) is 4.99 Å². The molecule has 0 N–H and O–H groups in total. The van der Waals surface area contributed by atoms with Crippen LogP contribution in [0.15, 0.2) is 74.1 Å². The van der Waals surface area contributed by atoms with Crippen molar-refractivity contribution in [3.8, 4) is 18.1 Å². The van der Waals surface area contributed by atoms with Gasteiger partial charge in [0.05, 0.1) is 33.4 Å². The third kappa shape index (κ3) is 4.49. The molecule has 2 aromatic carbocycles. The lowest BCUT2D eigenvalue weighted by Gasteiger charge is -2.25. The summed E-state index contributed by atoms with van der Waals surface area (Å²) in [6.45, 7) is 2.10. The number of benzene rings is 2. The number of carbonyl (C=O) groups excluding carboxylic acids is 1. The van der Waals surface area contributed by atoms with Crippen LogP contribution in [0.4, 0.5) is 0 Å². The summed E-state index contributed by atoms with van der Waals surface area (Å²) < 4.78 is 13.4. The number of hydrogen-bond donors (Lipinski definition) is 0. The van der Waals surface area contributed by atoms with E-state index in [-0.39, 0.29) is 12.2 Å². The first kappa shape index (κ1) is 23.7. The summed E-state index contributed by atoms with van der Waals surface area (Å²) in [7, 11) is 1.34. The van der Waals surface area contributed by atoms with Crippen LogP contribution >= 0.6 is 27.3 Å². The van der Waals surface area contributed by atoms with Gasteiger partial charge < -0.3 is 9.47 Å². The lowest BCUT2D eigenvalue weighted by atomic mass is 9.95. The Kier molecular flexibility index (Phi) is 7.15. The molecule has 3 aromatic rings. The second-order valence-corrected chi connectivity index (χ2v) is 9.25. The number of allylic oxidation sites excluding steroid dienone is 1. The van der Waals surface area contributed by atoms with Crippen LogP contribution in [0.1, 0.15) is 30.5 Å². The van der Waals surface area contributed by atoms with Crippen molar-refractivity contribution in [1.29, 1.82) is 0 Å². The van der Waals surface area contributed by atoms with Gasteiger partial charge in [-0.3, -0.25) is 9.36 Å². The third-order valence-corrected chi connectivity index (χ3v) is 6.93. The zero-order valence-electron chi connectivity index (χ0n) is 18.6. The van der Waals surface area contributed by atoms with Gasteiger partial charge in [-0.1, -0.05) is 60.6 Å². The predicted octanol–water partition coefficient (Wildman–Crippen LogP) is 3.57. The molecule has 172 valence electrons. The molecule has 1 atom stereocenters. The largest absolute Gasteiger partial charge is 0.480 e. The van der Waals surface area contributed by atoms with E-state index in [9.17, 15) is 9.59 Å². The molecule has 0 bridgehead atoms. The fraction of sp³-hybridized carbons (Fsp3) is 0.192. The van der Waals surface area contributed by atoms with E-state index in [2.05, 4.69) is 26.8 Å². The van der Waals surface area contributed by atoms with E-state index in [1.54, 1.807) is 16.7 Å². The van der Waals surface area contributed by atoms with Crippen LogP contribution < -0.4 is 19.6 Å². The van der Waals surface area contributed by atoms with E-state index in [1.165, 1.54) is 18.4 Å². The summed E-state index contributed by atoms with van der Waals surface area (Å²) >= 11 is 4.77. The normalized spacial score (nSPS) is 15.4. The van der Waals surface area contributed by atoms with Gasteiger partial charge in [-0.2, -0.15) is 0 Å². The molecule has 0 aliphatic carbocycles. The molecule has 0 radical (unpaired) electrons. The van der Waals surface area contributed by atoms with Gasteiger partial charge in [-0.15, -0.1) is 6.42 Å². The lowest BCUT2D eigenvalue weighted by molar-refractivity contribution is -0.136. The molecule has 0 unspecified atom stereocenters. The summed E-state index contributed by atoms with van der Waals surface area (Å²) in [4.78, 5) is 31.6. The number of hydrogen-bond acceptors (Lipinski definition) is 6. The SMILES string of the molecule is C#CCOc1ccc(/C=c2\sc3n(c2=O)[C@H](c2ccccc2)C(C(=O)OC)=C(CC)N=3)cc1Br. The number of nitrogens with zero attached hydrogens (tertiary/aromatic N) is 2. The fourth-order valence-electron chi connectivity index (χ4n) is 3.81. The number of fused-ring (bicyclic) bond motifs is 1. The summed E-state index contributed by atoms with van der Waals surface area (Å²) in [5.41, 5.74) is 2.40. The van der Waals surface area contributed by atoms with Crippen LogP contribution in [-0.4, -0.2) is 24.3 Å². The average Bonchev–Trinajstić information content (AvgIpc) is 3.16. The van der Waals surface area contributed by atoms with Crippen LogP contribution in [0.3, 0.4) is 0 Å². The third-order valence-electron chi connectivity index (χ3n) is 5.33. The molecular formula is C26H21BrN2O4S. The maximum atomic E-state index is 13.6. The van der Waals surface area contributed by atoms with Gasteiger partial charge in [0.1, 0.15) is 12.4 Å². The van der Waals surface area contributed by atoms with E-state index in [0.29, 0.717) is 32.8 Å². The van der Waals surface area contributed by atoms with Crippen molar-refractivity contribution in [3.05, 3.63) is 95.1 Å². The fourth-order valence-corrected chi connectivity index (χ4v) is 5.34. The van der Waals surface area contributed by atoms with Crippen LogP contribution in [-0.2, 0) is 9.53 Å². The first-order valence-electron chi connectivity index (χ1n) is 10.5. The number of esters is 1. The van der Waals surface area contributed by atoms with Crippen LogP contribution in [0.2, 0.25) is 0 Å². The number of rotatable bonds is 6. The number of terminal acetylenes is 1. The highest BCUT2D eigenvalue weighted by molar-refractivity contribution is 9.10. The summed E-state index contributed by atoms with van der Waals surface area (Å²) in [6, 6.07) is 14.3. The first-order valence-corrected chi connectivity index (χ1v) is 12.1. The quantitative estimate of drug-likeness (QED) is 0.356. The van der Waals surface area contributed by atoms with Gasteiger partial charge >= 0.3 is 5.97 Å². The first-order chi connectivity index (χ1) is 16.5. The molecule has 0 saturated carbocycles. The highest BCUT2D eigenvalue weighted by Crippen LogP contribution is 2.31.